The summed E-state index contributed by atoms with van der Waals surface area (Å²) in [4.78, 5) is 0.950. The minimum Gasteiger partial charge on any atom is -0.143 e. The molecule has 0 unspecified atom stereocenters. The fourth-order valence-corrected chi connectivity index (χ4v) is 1.14. The van der Waals surface area contributed by atoms with Crippen LogP contribution in [0.4, 0.5) is 0 Å². The highest BCUT2D eigenvalue weighted by Crippen LogP contribution is 2.16. The quantitative estimate of drug-likeness (QED) is 0.644. The SMILES string of the molecule is C=Cc1ccc(S)cc1C=C.CC.CC. The maximum Gasteiger partial charge on any atom is 0.00463 e. The Morgan fingerprint density at radius 3 is 1.80 bits per heavy atom. The first-order valence-electron chi connectivity index (χ1n) is 5.36. The minimum absolute atomic E-state index is 0.950. The third-order valence-corrected chi connectivity index (χ3v) is 1.79. The number of hydrogen-bond donors (Lipinski definition) is 1. The molecule has 0 radical (unpaired) electrons. The van der Waals surface area contributed by atoms with Gasteiger partial charge in [-0.05, 0) is 23.3 Å². The van der Waals surface area contributed by atoms with E-state index in [1.165, 1.54) is 0 Å². The largest absolute Gasteiger partial charge is 0.143 e. The zero-order chi connectivity index (χ0) is 12.3. The summed E-state index contributed by atoms with van der Waals surface area (Å²) in [7, 11) is 0. The summed E-state index contributed by atoms with van der Waals surface area (Å²) in [6, 6.07) is 5.88. The summed E-state index contributed by atoms with van der Waals surface area (Å²) in [5, 5.41) is 0. The second-order valence-corrected chi connectivity index (χ2v) is 2.74. The van der Waals surface area contributed by atoms with E-state index < -0.39 is 0 Å². The van der Waals surface area contributed by atoms with Crippen LogP contribution in [0.15, 0.2) is 36.3 Å². The molecule has 0 heterocycles. The first-order chi connectivity index (χ1) is 7.27. The molecule has 0 aliphatic carbocycles. The molecule has 0 saturated carbocycles. The van der Waals surface area contributed by atoms with Crippen LogP contribution in [-0.2, 0) is 0 Å². The summed E-state index contributed by atoms with van der Waals surface area (Å²) in [5.41, 5.74) is 2.17. The Morgan fingerprint density at radius 2 is 1.40 bits per heavy atom. The van der Waals surface area contributed by atoms with Crippen molar-refractivity contribution in [2.75, 3.05) is 0 Å². The average molecular weight is 222 g/mol. The molecule has 0 N–H and O–H groups in total. The molecule has 0 saturated heterocycles. The van der Waals surface area contributed by atoms with Crippen LogP contribution >= 0.6 is 12.6 Å². The third-order valence-electron chi connectivity index (χ3n) is 1.51. The second kappa shape index (κ2) is 11.1. The molecule has 0 amide bonds. The molecule has 0 aliphatic rings. The van der Waals surface area contributed by atoms with Crippen LogP contribution < -0.4 is 0 Å². The van der Waals surface area contributed by atoms with Gasteiger partial charge in [0.15, 0.2) is 0 Å². The standard InChI is InChI=1S/C10H10S.2C2H6/c1-3-8-5-6-10(11)7-9(8)4-2;2*1-2/h3-7,11H,1-2H2;2*1-2H3. The number of hydrogen-bond acceptors (Lipinski definition) is 1. The van der Waals surface area contributed by atoms with E-state index in [1.54, 1.807) is 6.08 Å². The smallest absolute Gasteiger partial charge is 0.00463 e. The van der Waals surface area contributed by atoms with Crippen LogP contribution in [-0.4, -0.2) is 0 Å². The van der Waals surface area contributed by atoms with Crippen LogP contribution in [0.3, 0.4) is 0 Å². The van der Waals surface area contributed by atoms with Crippen LogP contribution in [0, 0.1) is 0 Å². The highest BCUT2D eigenvalue weighted by molar-refractivity contribution is 7.80. The predicted octanol–water partition coefficient (Wildman–Crippen LogP) is 5.31. The lowest BCUT2D eigenvalue weighted by Crippen LogP contribution is -1.78. The summed E-state index contributed by atoms with van der Waals surface area (Å²) >= 11 is 4.21. The van der Waals surface area contributed by atoms with Crippen molar-refractivity contribution < 1.29 is 0 Å². The Kier molecular flexibility index (Phi) is 12.2. The van der Waals surface area contributed by atoms with Gasteiger partial charge in [-0.15, -0.1) is 12.6 Å². The Labute approximate surface area is 100 Å². The lowest BCUT2D eigenvalue weighted by Gasteiger charge is -2.00. The van der Waals surface area contributed by atoms with Crippen molar-refractivity contribution in [3.05, 3.63) is 42.5 Å². The van der Waals surface area contributed by atoms with E-state index in [9.17, 15) is 0 Å². The summed E-state index contributed by atoms with van der Waals surface area (Å²) < 4.78 is 0. The van der Waals surface area contributed by atoms with Crippen molar-refractivity contribution in [3.63, 3.8) is 0 Å². The molecule has 0 atom stereocenters. The van der Waals surface area contributed by atoms with E-state index in [4.69, 9.17) is 0 Å². The zero-order valence-corrected chi connectivity index (χ0v) is 11.1. The van der Waals surface area contributed by atoms with Crippen molar-refractivity contribution in [2.45, 2.75) is 32.6 Å². The first-order valence-corrected chi connectivity index (χ1v) is 5.80. The second-order valence-electron chi connectivity index (χ2n) is 2.22. The van der Waals surface area contributed by atoms with Gasteiger partial charge < -0.3 is 0 Å². The average Bonchev–Trinajstić information content (AvgIpc) is 2.34. The number of benzene rings is 1. The van der Waals surface area contributed by atoms with Gasteiger partial charge >= 0.3 is 0 Å². The van der Waals surface area contributed by atoms with Gasteiger partial charge in [0, 0.05) is 4.90 Å². The van der Waals surface area contributed by atoms with Gasteiger partial charge in [-0.2, -0.15) is 0 Å². The monoisotopic (exact) mass is 222 g/mol. The highest BCUT2D eigenvalue weighted by Gasteiger charge is 1.93. The van der Waals surface area contributed by atoms with Crippen molar-refractivity contribution in [1.29, 1.82) is 0 Å². The molecule has 0 fully saturated rings. The predicted molar refractivity (Wildman–Crippen MR) is 76.6 cm³/mol. The topological polar surface area (TPSA) is 0 Å². The fourth-order valence-electron chi connectivity index (χ4n) is 0.925. The first kappa shape index (κ1) is 16.5. The molecule has 1 aromatic rings. The summed E-state index contributed by atoms with van der Waals surface area (Å²) in [6.07, 6.45) is 3.61. The molecule has 0 nitrogen and oxygen atoms in total. The molecule has 0 aromatic heterocycles. The van der Waals surface area contributed by atoms with Gasteiger partial charge in [-0.1, -0.05) is 59.1 Å². The normalized spacial score (nSPS) is 7.53. The molecule has 84 valence electrons. The van der Waals surface area contributed by atoms with Gasteiger partial charge in [0.1, 0.15) is 0 Å². The van der Waals surface area contributed by atoms with Gasteiger partial charge in [0.25, 0.3) is 0 Å². The Bertz CT molecular complexity index is 287. The highest BCUT2D eigenvalue weighted by atomic mass is 32.1. The van der Waals surface area contributed by atoms with Crippen molar-refractivity contribution in [3.8, 4) is 0 Å². The molecule has 15 heavy (non-hydrogen) atoms. The third kappa shape index (κ3) is 6.19. The van der Waals surface area contributed by atoms with Gasteiger partial charge in [-0.3, -0.25) is 0 Å². The van der Waals surface area contributed by atoms with E-state index in [1.807, 2.05) is 52.0 Å². The van der Waals surface area contributed by atoms with Crippen LogP contribution in [0.25, 0.3) is 12.2 Å². The lowest BCUT2D eigenvalue weighted by atomic mass is 10.1. The molecule has 0 bridgehead atoms. The van der Waals surface area contributed by atoms with Crippen LogP contribution in [0.5, 0.6) is 0 Å². The van der Waals surface area contributed by atoms with Crippen LogP contribution in [0.1, 0.15) is 38.8 Å². The molecular formula is C14H22S. The minimum atomic E-state index is 0.950. The molecule has 1 aromatic carbocycles. The maximum absolute atomic E-state index is 4.21. The maximum atomic E-state index is 4.21. The van der Waals surface area contributed by atoms with Crippen molar-refractivity contribution in [2.24, 2.45) is 0 Å². The van der Waals surface area contributed by atoms with E-state index in [2.05, 4.69) is 25.8 Å². The van der Waals surface area contributed by atoms with E-state index >= 15 is 0 Å². The van der Waals surface area contributed by atoms with E-state index in [0.29, 0.717) is 0 Å². The van der Waals surface area contributed by atoms with Gasteiger partial charge in [0.05, 0.1) is 0 Å². The van der Waals surface area contributed by atoms with Gasteiger partial charge in [0.2, 0.25) is 0 Å². The molecule has 1 heteroatoms. The van der Waals surface area contributed by atoms with Crippen molar-refractivity contribution >= 4 is 24.8 Å². The molecular weight excluding hydrogens is 200 g/mol. The fraction of sp³-hybridized carbons (Fsp3) is 0.286. The van der Waals surface area contributed by atoms with Crippen molar-refractivity contribution in [1.82, 2.24) is 0 Å². The molecule has 0 aliphatic heterocycles. The molecule has 0 spiro atoms. The lowest BCUT2D eigenvalue weighted by molar-refractivity contribution is 1.44. The Morgan fingerprint density at radius 1 is 0.933 bits per heavy atom. The van der Waals surface area contributed by atoms with Gasteiger partial charge in [-0.25, -0.2) is 0 Å². The van der Waals surface area contributed by atoms with E-state index in [0.717, 1.165) is 16.0 Å². The van der Waals surface area contributed by atoms with Crippen LogP contribution in [0.2, 0.25) is 0 Å². The Balaban J connectivity index is 0. The Hall–Kier alpha value is -0.950. The molecule has 1 rings (SSSR count). The number of rotatable bonds is 2. The summed E-state index contributed by atoms with van der Waals surface area (Å²) in [5.74, 6) is 0. The van der Waals surface area contributed by atoms with E-state index in [-0.39, 0.29) is 0 Å². The zero-order valence-electron chi connectivity index (χ0n) is 10.2. The summed E-state index contributed by atoms with van der Waals surface area (Å²) in [6.45, 7) is 15.4. The number of thiol groups is 1.